The topological polar surface area (TPSA) is 57.6 Å². The van der Waals surface area contributed by atoms with E-state index in [4.69, 9.17) is 0 Å². The Labute approximate surface area is 189 Å². The van der Waals surface area contributed by atoms with Gasteiger partial charge in [-0.1, -0.05) is 72.8 Å². The van der Waals surface area contributed by atoms with Crippen LogP contribution in [0.15, 0.2) is 90.5 Å². The molecule has 0 aliphatic carbocycles. The maximum absolute atomic E-state index is 13.0. The summed E-state index contributed by atoms with van der Waals surface area (Å²) in [5.41, 5.74) is 2.55. The van der Waals surface area contributed by atoms with Crippen molar-refractivity contribution in [3.8, 4) is 0 Å². The van der Waals surface area contributed by atoms with Gasteiger partial charge >= 0.3 is 0 Å². The molecule has 0 radical (unpaired) electrons. The highest BCUT2D eigenvalue weighted by molar-refractivity contribution is 14.1. The van der Waals surface area contributed by atoms with Gasteiger partial charge in [0.05, 0.1) is 11.6 Å². The zero-order chi connectivity index (χ0) is 21.1. The Bertz CT molecular complexity index is 1090. The standard InChI is InChI=1S/C25H20INO3/c26-20-13-11-18(12-14-20)22-21(23(28)19-9-5-2-6-10-19)24(29)25(30)27(22)16-15-17-7-3-1-4-8-17/h1-14,22,28H,15-16H2. The van der Waals surface area contributed by atoms with Gasteiger partial charge in [0.2, 0.25) is 0 Å². The molecule has 0 bridgehead atoms. The third-order valence-corrected chi connectivity index (χ3v) is 5.98. The molecule has 1 heterocycles. The lowest BCUT2D eigenvalue weighted by Gasteiger charge is -2.25. The van der Waals surface area contributed by atoms with Crippen molar-refractivity contribution >= 4 is 40.0 Å². The van der Waals surface area contributed by atoms with E-state index in [0.29, 0.717) is 18.5 Å². The Morgan fingerprint density at radius 2 is 1.47 bits per heavy atom. The van der Waals surface area contributed by atoms with E-state index in [1.54, 1.807) is 29.2 Å². The molecule has 1 N–H and O–H groups in total. The number of Topliss-reactive ketones (excluding diaryl/α,β-unsaturated/α-hetero) is 1. The molecule has 3 aromatic rings. The van der Waals surface area contributed by atoms with Crippen LogP contribution in [0, 0.1) is 3.57 Å². The summed E-state index contributed by atoms with van der Waals surface area (Å²) in [4.78, 5) is 27.5. The molecular weight excluding hydrogens is 489 g/mol. The van der Waals surface area contributed by atoms with Crippen LogP contribution in [-0.2, 0) is 16.0 Å². The van der Waals surface area contributed by atoms with Crippen molar-refractivity contribution in [3.63, 3.8) is 0 Å². The third-order valence-electron chi connectivity index (χ3n) is 5.26. The van der Waals surface area contributed by atoms with E-state index < -0.39 is 17.7 Å². The first kappa shape index (κ1) is 20.3. The number of hydrogen-bond acceptors (Lipinski definition) is 3. The number of likely N-dealkylation sites (tertiary alicyclic amines) is 1. The third kappa shape index (κ3) is 4.03. The minimum Gasteiger partial charge on any atom is -0.507 e. The average Bonchev–Trinajstić information content (AvgIpc) is 3.04. The summed E-state index contributed by atoms with van der Waals surface area (Å²) in [6.45, 7) is 0.386. The molecule has 1 fully saturated rings. The largest absolute Gasteiger partial charge is 0.507 e. The summed E-state index contributed by atoms with van der Waals surface area (Å²) >= 11 is 2.22. The predicted molar refractivity (Wildman–Crippen MR) is 125 cm³/mol. The fourth-order valence-electron chi connectivity index (χ4n) is 3.75. The molecule has 1 aliphatic rings. The number of halogens is 1. The van der Waals surface area contributed by atoms with Crippen molar-refractivity contribution in [1.29, 1.82) is 0 Å². The minimum absolute atomic E-state index is 0.139. The molecule has 5 heteroatoms. The van der Waals surface area contributed by atoms with E-state index in [9.17, 15) is 14.7 Å². The number of hydrogen-bond donors (Lipinski definition) is 1. The number of ketones is 1. The first-order valence-corrected chi connectivity index (χ1v) is 10.8. The van der Waals surface area contributed by atoms with Gasteiger partial charge in [-0.05, 0) is 52.3 Å². The second-order valence-electron chi connectivity index (χ2n) is 7.15. The smallest absolute Gasteiger partial charge is 0.295 e. The normalized spacial score (nSPS) is 18.0. The number of benzene rings is 3. The van der Waals surface area contributed by atoms with Crippen LogP contribution in [0.25, 0.3) is 5.76 Å². The van der Waals surface area contributed by atoms with Crippen LogP contribution in [0.3, 0.4) is 0 Å². The molecule has 1 saturated heterocycles. The highest BCUT2D eigenvalue weighted by Crippen LogP contribution is 2.39. The highest BCUT2D eigenvalue weighted by atomic mass is 127. The second kappa shape index (κ2) is 8.83. The number of carbonyl (C=O) groups is 2. The summed E-state index contributed by atoms with van der Waals surface area (Å²) in [6, 6.07) is 25.8. The Hall–Kier alpha value is -2.93. The lowest BCUT2D eigenvalue weighted by Crippen LogP contribution is -2.31. The van der Waals surface area contributed by atoms with Crippen molar-refractivity contribution in [2.24, 2.45) is 0 Å². The van der Waals surface area contributed by atoms with Crippen molar-refractivity contribution in [2.75, 3.05) is 6.54 Å². The van der Waals surface area contributed by atoms with Gasteiger partial charge < -0.3 is 10.0 Å². The Morgan fingerprint density at radius 3 is 2.10 bits per heavy atom. The number of amides is 1. The predicted octanol–water partition coefficient (Wildman–Crippen LogP) is 4.96. The van der Waals surface area contributed by atoms with Gasteiger partial charge in [0.25, 0.3) is 11.7 Å². The van der Waals surface area contributed by atoms with Gasteiger partial charge in [0.15, 0.2) is 0 Å². The van der Waals surface area contributed by atoms with Crippen molar-refractivity contribution < 1.29 is 14.7 Å². The van der Waals surface area contributed by atoms with Crippen LogP contribution in [0.4, 0.5) is 0 Å². The van der Waals surface area contributed by atoms with E-state index in [2.05, 4.69) is 22.6 Å². The summed E-state index contributed by atoms with van der Waals surface area (Å²) in [7, 11) is 0. The van der Waals surface area contributed by atoms with Gasteiger partial charge in [-0.15, -0.1) is 0 Å². The molecule has 3 aromatic carbocycles. The van der Waals surface area contributed by atoms with Crippen LogP contribution in [0.5, 0.6) is 0 Å². The number of carbonyl (C=O) groups excluding carboxylic acids is 2. The molecule has 150 valence electrons. The van der Waals surface area contributed by atoms with E-state index in [0.717, 1.165) is 14.7 Å². The maximum Gasteiger partial charge on any atom is 0.295 e. The Morgan fingerprint density at radius 1 is 0.867 bits per heavy atom. The lowest BCUT2D eigenvalue weighted by molar-refractivity contribution is -0.139. The summed E-state index contributed by atoms with van der Waals surface area (Å²) in [5, 5.41) is 11.0. The molecule has 0 saturated carbocycles. The zero-order valence-corrected chi connectivity index (χ0v) is 18.3. The van der Waals surface area contributed by atoms with Crippen molar-refractivity contribution in [2.45, 2.75) is 12.5 Å². The zero-order valence-electron chi connectivity index (χ0n) is 16.2. The van der Waals surface area contributed by atoms with Gasteiger partial charge in [-0.2, -0.15) is 0 Å². The molecule has 0 aromatic heterocycles. The van der Waals surface area contributed by atoms with Crippen LogP contribution >= 0.6 is 22.6 Å². The molecular formula is C25H20INO3. The first-order chi connectivity index (χ1) is 14.6. The fraction of sp³-hybridized carbons (Fsp3) is 0.120. The number of nitrogens with zero attached hydrogens (tertiary/aromatic N) is 1. The van der Waals surface area contributed by atoms with Gasteiger partial charge in [-0.25, -0.2) is 0 Å². The monoisotopic (exact) mass is 509 g/mol. The van der Waals surface area contributed by atoms with E-state index >= 15 is 0 Å². The van der Waals surface area contributed by atoms with Crippen LogP contribution in [-0.4, -0.2) is 28.2 Å². The molecule has 4 rings (SSSR count). The van der Waals surface area contributed by atoms with Gasteiger partial charge in [-0.3, -0.25) is 9.59 Å². The Kier molecular flexibility index (Phi) is 5.99. The summed E-state index contributed by atoms with van der Waals surface area (Å²) in [6.07, 6.45) is 0.625. The van der Waals surface area contributed by atoms with Gasteiger partial charge in [0.1, 0.15) is 5.76 Å². The average molecular weight is 509 g/mol. The molecule has 1 amide bonds. The quantitative estimate of drug-likeness (QED) is 0.229. The van der Waals surface area contributed by atoms with Crippen molar-refractivity contribution in [1.82, 2.24) is 4.90 Å². The number of rotatable bonds is 5. The number of aliphatic hydroxyl groups excluding tert-OH is 1. The molecule has 4 nitrogen and oxygen atoms in total. The SMILES string of the molecule is O=C1C(=O)N(CCc2ccccc2)C(c2ccc(I)cc2)C1=C(O)c1ccccc1. The van der Waals surface area contributed by atoms with E-state index in [-0.39, 0.29) is 11.3 Å². The lowest BCUT2D eigenvalue weighted by atomic mass is 9.95. The second-order valence-corrected chi connectivity index (χ2v) is 8.39. The van der Waals surface area contributed by atoms with E-state index in [1.165, 1.54) is 0 Å². The minimum atomic E-state index is -0.645. The maximum atomic E-state index is 13.0. The summed E-state index contributed by atoms with van der Waals surface area (Å²) in [5.74, 6) is -1.36. The fourth-order valence-corrected chi connectivity index (χ4v) is 4.11. The molecule has 1 aliphatic heterocycles. The molecule has 1 atom stereocenters. The molecule has 0 spiro atoms. The summed E-state index contributed by atoms with van der Waals surface area (Å²) < 4.78 is 1.06. The first-order valence-electron chi connectivity index (χ1n) is 9.69. The van der Waals surface area contributed by atoms with Crippen LogP contribution in [0.2, 0.25) is 0 Å². The Balaban J connectivity index is 1.78. The van der Waals surface area contributed by atoms with E-state index in [1.807, 2.05) is 60.7 Å². The van der Waals surface area contributed by atoms with Crippen LogP contribution in [0.1, 0.15) is 22.7 Å². The van der Waals surface area contributed by atoms with Gasteiger partial charge in [0, 0.05) is 15.7 Å². The highest BCUT2D eigenvalue weighted by Gasteiger charge is 2.45. The van der Waals surface area contributed by atoms with Crippen molar-refractivity contribution in [3.05, 3.63) is 111 Å². The van der Waals surface area contributed by atoms with Crippen LogP contribution < -0.4 is 0 Å². The molecule has 1 unspecified atom stereocenters. The number of aliphatic hydroxyl groups is 1. The molecule has 30 heavy (non-hydrogen) atoms.